The first kappa shape index (κ1) is 22.6. The van der Waals surface area contributed by atoms with E-state index in [0.29, 0.717) is 0 Å². The number of fused-ring (bicyclic) bond motifs is 3. The van der Waals surface area contributed by atoms with E-state index < -0.39 is 0 Å². The summed E-state index contributed by atoms with van der Waals surface area (Å²) in [5.41, 5.74) is 7.75. The Labute approximate surface area is 237 Å². The molecule has 0 radical (unpaired) electrons. The standard InChI is InChI=1S/C39H25NO/c1-2-7-28-22-29(15-12-24(28)6-1)37-30-10-3-4-11-31(30)39(32-20-21-40-23-34(32)37)41-35-19-17-27-14-13-25-8-5-9-26-16-18-33(35)38(27)36(25)26/h1-8,10-17,19-23H,9,18H2. The van der Waals surface area contributed by atoms with Crippen LogP contribution in [0.25, 0.3) is 65.9 Å². The highest BCUT2D eigenvalue weighted by molar-refractivity contribution is 6.17. The Bertz CT molecular complexity index is 2230. The summed E-state index contributed by atoms with van der Waals surface area (Å²) in [5, 5.41) is 9.51. The molecule has 0 aliphatic heterocycles. The van der Waals surface area contributed by atoms with Crippen molar-refractivity contribution in [2.75, 3.05) is 0 Å². The van der Waals surface area contributed by atoms with E-state index in [1.807, 2.05) is 12.4 Å². The van der Waals surface area contributed by atoms with Crippen LogP contribution in [0.1, 0.15) is 23.1 Å². The van der Waals surface area contributed by atoms with E-state index in [2.05, 4.69) is 120 Å². The highest BCUT2D eigenvalue weighted by Crippen LogP contribution is 2.48. The smallest absolute Gasteiger partial charge is 0.143 e. The lowest BCUT2D eigenvalue weighted by atomic mass is 9.81. The second kappa shape index (κ2) is 8.64. The third-order valence-corrected chi connectivity index (χ3v) is 8.82. The maximum Gasteiger partial charge on any atom is 0.143 e. The molecular weight excluding hydrogens is 498 g/mol. The van der Waals surface area contributed by atoms with Gasteiger partial charge in [0.1, 0.15) is 11.5 Å². The Morgan fingerprint density at radius 2 is 1.44 bits per heavy atom. The van der Waals surface area contributed by atoms with E-state index in [0.717, 1.165) is 45.9 Å². The largest absolute Gasteiger partial charge is 0.456 e. The maximum atomic E-state index is 7.04. The molecule has 0 spiro atoms. The minimum Gasteiger partial charge on any atom is -0.456 e. The summed E-state index contributed by atoms with van der Waals surface area (Å²) in [7, 11) is 0. The van der Waals surface area contributed by atoms with Crippen molar-refractivity contribution in [2.45, 2.75) is 12.8 Å². The first-order valence-corrected chi connectivity index (χ1v) is 14.2. The fourth-order valence-electron chi connectivity index (χ4n) is 6.95. The van der Waals surface area contributed by atoms with E-state index in [-0.39, 0.29) is 0 Å². The molecule has 0 N–H and O–H groups in total. The van der Waals surface area contributed by atoms with Gasteiger partial charge in [-0.15, -0.1) is 0 Å². The molecule has 0 unspecified atom stereocenters. The lowest BCUT2D eigenvalue weighted by Gasteiger charge is -2.25. The SMILES string of the molecule is C1=Cc2ccc3ccc(Oc4c5ccccc5c(-c5ccc6ccccc6c5)c5cnccc45)c4c3c2C(=CC4)C1. The third kappa shape index (κ3) is 3.34. The highest BCUT2D eigenvalue weighted by atomic mass is 16.5. The molecule has 0 amide bonds. The molecule has 1 heterocycles. The molecule has 0 bridgehead atoms. The van der Waals surface area contributed by atoms with Crippen LogP contribution in [0, 0.1) is 0 Å². The monoisotopic (exact) mass is 523 g/mol. The van der Waals surface area contributed by atoms with Crippen molar-refractivity contribution in [3.05, 3.63) is 138 Å². The highest BCUT2D eigenvalue weighted by Gasteiger charge is 2.24. The summed E-state index contributed by atoms with van der Waals surface area (Å²) < 4.78 is 7.04. The molecule has 7 aromatic rings. The molecule has 6 aromatic carbocycles. The lowest BCUT2D eigenvalue weighted by Crippen LogP contribution is -2.04. The van der Waals surface area contributed by atoms with Gasteiger partial charge in [0, 0.05) is 34.1 Å². The zero-order valence-corrected chi connectivity index (χ0v) is 22.4. The van der Waals surface area contributed by atoms with Crippen LogP contribution in [0.3, 0.4) is 0 Å². The molecule has 2 heteroatoms. The molecule has 41 heavy (non-hydrogen) atoms. The Hall–Kier alpha value is -5.21. The van der Waals surface area contributed by atoms with Crippen LogP contribution in [0.2, 0.25) is 0 Å². The predicted molar refractivity (Wildman–Crippen MR) is 172 cm³/mol. The van der Waals surface area contributed by atoms with E-state index in [1.54, 1.807) is 0 Å². The van der Waals surface area contributed by atoms with Gasteiger partial charge in [-0.3, -0.25) is 4.98 Å². The summed E-state index contributed by atoms with van der Waals surface area (Å²) in [6, 6.07) is 34.8. The van der Waals surface area contributed by atoms with Gasteiger partial charge in [-0.2, -0.15) is 0 Å². The summed E-state index contributed by atoms with van der Waals surface area (Å²) in [6.07, 6.45) is 12.6. The van der Waals surface area contributed by atoms with Crippen LogP contribution in [-0.2, 0) is 6.42 Å². The number of ether oxygens (including phenoxy) is 1. The topological polar surface area (TPSA) is 22.1 Å². The van der Waals surface area contributed by atoms with Crippen LogP contribution in [0.5, 0.6) is 11.5 Å². The van der Waals surface area contributed by atoms with E-state index in [9.17, 15) is 0 Å². The molecule has 1 aromatic heterocycles. The van der Waals surface area contributed by atoms with Gasteiger partial charge in [0.05, 0.1) is 0 Å². The average Bonchev–Trinajstić information content (AvgIpc) is 3.04. The number of hydrogen-bond acceptors (Lipinski definition) is 2. The van der Waals surface area contributed by atoms with Crippen molar-refractivity contribution in [2.24, 2.45) is 0 Å². The average molecular weight is 524 g/mol. The molecule has 2 aliphatic carbocycles. The van der Waals surface area contributed by atoms with Crippen molar-refractivity contribution < 1.29 is 4.74 Å². The Balaban J connectivity index is 1.30. The molecule has 9 rings (SSSR count). The second-order valence-electron chi connectivity index (χ2n) is 11.0. The van der Waals surface area contributed by atoms with Crippen LogP contribution in [0.4, 0.5) is 0 Å². The zero-order chi connectivity index (χ0) is 26.9. The van der Waals surface area contributed by atoms with Crippen molar-refractivity contribution in [3.8, 4) is 22.6 Å². The number of nitrogens with zero attached hydrogens (tertiary/aromatic N) is 1. The summed E-state index contributed by atoms with van der Waals surface area (Å²) in [5.74, 6) is 1.81. The van der Waals surface area contributed by atoms with Gasteiger partial charge in [0.25, 0.3) is 0 Å². The quantitative estimate of drug-likeness (QED) is 0.215. The van der Waals surface area contributed by atoms with Gasteiger partial charge in [0.2, 0.25) is 0 Å². The van der Waals surface area contributed by atoms with E-state index in [1.165, 1.54) is 54.9 Å². The van der Waals surface area contributed by atoms with Crippen LogP contribution in [-0.4, -0.2) is 4.98 Å². The lowest BCUT2D eigenvalue weighted by molar-refractivity contribution is 0.489. The molecule has 192 valence electrons. The molecule has 0 atom stereocenters. The number of pyridine rings is 1. The Morgan fingerprint density at radius 1 is 0.634 bits per heavy atom. The number of allylic oxidation sites excluding steroid dienone is 3. The van der Waals surface area contributed by atoms with Crippen molar-refractivity contribution in [3.63, 3.8) is 0 Å². The summed E-state index contributed by atoms with van der Waals surface area (Å²) >= 11 is 0. The summed E-state index contributed by atoms with van der Waals surface area (Å²) in [4.78, 5) is 4.58. The van der Waals surface area contributed by atoms with Crippen molar-refractivity contribution in [1.82, 2.24) is 4.98 Å². The van der Waals surface area contributed by atoms with Gasteiger partial charge in [-0.25, -0.2) is 0 Å². The Kier molecular flexibility index (Phi) is 4.76. The van der Waals surface area contributed by atoms with Gasteiger partial charge >= 0.3 is 0 Å². The third-order valence-electron chi connectivity index (χ3n) is 8.82. The van der Waals surface area contributed by atoms with Gasteiger partial charge < -0.3 is 4.74 Å². The molecule has 0 saturated heterocycles. The van der Waals surface area contributed by atoms with Crippen LogP contribution >= 0.6 is 0 Å². The van der Waals surface area contributed by atoms with Gasteiger partial charge in [-0.1, -0.05) is 97.1 Å². The van der Waals surface area contributed by atoms with Crippen molar-refractivity contribution >= 4 is 54.7 Å². The molecule has 0 fully saturated rings. The Morgan fingerprint density at radius 3 is 2.39 bits per heavy atom. The molecule has 2 aliphatic rings. The number of benzene rings is 6. The molecular formula is C39H25NO. The predicted octanol–water partition coefficient (Wildman–Crippen LogP) is 10.5. The first-order valence-electron chi connectivity index (χ1n) is 14.2. The molecule has 0 saturated carbocycles. The van der Waals surface area contributed by atoms with Crippen molar-refractivity contribution in [1.29, 1.82) is 0 Å². The van der Waals surface area contributed by atoms with Gasteiger partial charge in [0.15, 0.2) is 0 Å². The van der Waals surface area contributed by atoms with E-state index >= 15 is 0 Å². The first-order chi connectivity index (χ1) is 20.3. The number of rotatable bonds is 3. The molecule has 2 nitrogen and oxygen atoms in total. The minimum absolute atomic E-state index is 0.874. The maximum absolute atomic E-state index is 7.04. The summed E-state index contributed by atoms with van der Waals surface area (Å²) in [6.45, 7) is 0. The number of hydrogen-bond donors (Lipinski definition) is 0. The fraction of sp³-hybridized carbons (Fsp3) is 0.0513. The minimum atomic E-state index is 0.874. The zero-order valence-electron chi connectivity index (χ0n) is 22.4. The van der Waals surface area contributed by atoms with Crippen LogP contribution < -0.4 is 4.74 Å². The van der Waals surface area contributed by atoms with Gasteiger partial charge in [-0.05, 0) is 85.8 Å². The van der Waals surface area contributed by atoms with E-state index in [4.69, 9.17) is 4.74 Å². The van der Waals surface area contributed by atoms with Crippen LogP contribution in [0.15, 0.2) is 122 Å². The fourth-order valence-corrected chi connectivity index (χ4v) is 6.95. The normalized spacial score (nSPS) is 13.7. The second-order valence-corrected chi connectivity index (χ2v) is 11.0. The number of aromatic nitrogens is 1.